The summed E-state index contributed by atoms with van der Waals surface area (Å²) in [4.78, 5) is 2.21. The van der Waals surface area contributed by atoms with E-state index >= 15 is 0 Å². The van der Waals surface area contributed by atoms with Crippen LogP contribution in [0.4, 0.5) is 5.69 Å². The van der Waals surface area contributed by atoms with Crippen molar-refractivity contribution < 1.29 is 0 Å². The summed E-state index contributed by atoms with van der Waals surface area (Å²) in [5.74, 6) is 3.19. The molecule has 0 radical (unpaired) electrons. The van der Waals surface area contributed by atoms with Crippen LogP contribution in [0.2, 0.25) is 0 Å². The van der Waals surface area contributed by atoms with Gasteiger partial charge in [-0.1, -0.05) is 39.8 Å². The molecule has 0 unspecified atom stereocenters. The molecule has 1 fully saturated rings. The smallest absolute Gasteiger partial charge is 0.0397 e. The molecule has 1 nitrogen and oxygen atoms in total. The summed E-state index contributed by atoms with van der Waals surface area (Å²) < 4.78 is 0. The Morgan fingerprint density at radius 2 is 1.80 bits per heavy atom. The minimum atomic E-state index is 0.708. The van der Waals surface area contributed by atoms with Gasteiger partial charge in [0.15, 0.2) is 0 Å². The third-order valence-corrected chi connectivity index (χ3v) is 6.89. The van der Waals surface area contributed by atoms with Crippen LogP contribution in [-0.2, 0) is 0 Å². The maximum atomic E-state index is 2.27. The van der Waals surface area contributed by atoms with Crippen molar-refractivity contribution in [2.45, 2.75) is 5.92 Å². The molecule has 0 saturated carbocycles. The fourth-order valence-corrected chi connectivity index (χ4v) is 6.11. The van der Waals surface area contributed by atoms with Gasteiger partial charge in [0.1, 0.15) is 0 Å². The van der Waals surface area contributed by atoms with E-state index in [1.807, 2.05) is 31.4 Å². The van der Waals surface area contributed by atoms with E-state index in [1.165, 1.54) is 22.8 Å². The number of anilines is 1. The van der Waals surface area contributed by atoms with Gasteiger partial charge < -0.3 is 4.90 Å². The lowest BCUT2D eigenvalue weighted by Gasteiger charge is -2.25. The highest BCUT2D eigenvalue weighted by atomic mass is 33.5. The van der Waals surface area contributed by atoms with Gasteiger partial charge in [0, 0.05) is 37.2 Å². The Labute approximate surface area is 103 Å². The molecule has 15 heavy (non-hydrogen) atoms. The summed E-state index contributed by atoms with van der Waals surface area (Å²) in [6.45, 7) is 0. The van der Waals surface area contributed by atoms with Crippen LogP contribution in [0, 0.1) is 0 Å². The van der Waals surface area contributed by atoms with Crippen LogP contribution in [0.3, 0.4) is 0 Å². The molecular formula is C11H15NS3. The molecule has 0 spiro atoms. The summed E-state index contributed by atoms with van der Waals surface area (Å²) in [5.41, 5.74) is 2.87. The molecule has 1 saturated heterocycles. The average Bonchev–Trinajstić information content (AvgIpc) is 2.30. The highest BCUT2D eigenvalue weighted by molar-refractivity contribution is 9.09. The molecule has 0 bridgehead atoms. The number of para-hydroxylation sites is 1. The van der Waals surface area contributed by atoms with E-state index in [2.05, 4.69) is 43.3 Å². The second-order valence-corrected chi connectivity index (χ2v) is 8.11. The molecule has 1 heterocycles. The molecule has 0 atom stereocenters. The first-order chi connectivity index (χ1) is 7.29. The van der Waals surface area contributed by atoms with Gasteiger partial charge in [-0.2, -0.15) is 0 Å². The van der Waals surface area contributed by atoms with E-state index in [4.69, 9.17) is 0 Å². The monoisotopic (exact) mass is 257 g/mol. The Balaban J connectivity index is 2.25. The summed E-state index contributed by atoms with van der Waals surface area (Å²) in [7, 11) is 10.1. The van der Waals surface area contributed by atoms with Gasteiger partial charge in [-0.15, -0.1) is 0 Å². The Morgan fingerprint density at radius 3 is 2.47 bits per heavy atom. The zero-order valence-corrected chi connectivity index (χ0v) is 11.4. The zero-order chi connectivity index (χ0) is 10.7. The summed E-state index contributed by atoms with van der Waals surface area (Å²) in [6.07, 6.45) is 0. The zero-order valence-electron chi connectivity index (χ0n) is 8.97. The molecule has 1 aliphatic heterocycles. The Hall–Kier alpha value is 0.0700. The Morgan fingerprint density at radius 1 is 1.13 bits per heavy atom. The van der Waals surface area contributed by atoms with Crippen molar-refractivity contribution in [1.82, 2.24) is 0 Å². The maximum absolute atomic E-state index is 2.27. The summed E-state index contributed by atoms with van der Waals surface area (Å²) in [5, 5.41) is 0. The van der Waals surface area contributed by atoms with Gasteiger partial charge >= 0.3 is 0 Å². The third-order valence-electron chi connectivity index (χ3n) is 2.49. The first-order valence-corrected chi connectivity index (χ1v) is 8.78. The van der Waals surface area contributed by atoms with Crippen molar-refractivity contribution in [3.8, 4) is 0 Å². The fourth-order valence-electron chi connectivity index (χ4n) is 1.72. The lowest BCUT2D eigenvalue weighted by molar-refractivity contribution is 0.889. The minimum Gasteiger partial charge on any atom is -0.377 e. The molecule has 1 aliphatic rings. The van der Waals surface area contributed by atoms with Crippen LogP contribution in [-0.4, -0.2) is 25.6 Å². The SMILES string of the molecule is CN(C)c1ccccc1C1CSSSC1. The molecule has 1 aromatic rings. The molecule has 4 heteroatoms. The van der Waals surface area contributed by atoms with Crippen molar-refractivity contribution in [3.05, 3.63) is 29.8 Å². The van der Waals surface area contributed by atoms with Crippen LogP contribution in [0.5, 0.6) is 0 Å². The molecule has 1 aromatic carbocycles. The van der Waals surface area contributed by atoms with Crippen molar-refractivity contribution in [2.24, 2.45) is 0 Å². The van der Waals surface area contributed by atoms with Crippen LogP contribution in [0.25, 0.3) is 0 Å². The maximum Gasteiger partial charge on any atom is 0.0397 e. The van der Waals surface area contributed by atoms with Crippen molar-refractivity contribution in [3.63, 3.8) is 0 Å². The largest absolute Gasteiger partial charge is 0.377 e. The van der Waals surface area contributed by atoms with Crippen LogP contribution in [0.15, 0.2) is 24.3 Å². The van der Waals surface area contributed by atoms with Crippen LogP contribution >= 0.6 is 31.4 Å². The molecule has 0 amide bonds. The van der Waals surface area contributed by atoms with Crippen molar-refractivity contribution in [2.75, 3.05) is 30.5 Å². The molecule has 2 rings (SSSR count). The number of hydrogen-bond acceptors (Lipinski definition) is 4. The molecule has 82 valence electrons. The van der Waals surface area contributed by atoms with Gasteiger partial charge in [0.05, 0.1) is 0 Å². The van der Waals surface area contributed by atoms with E-state index in [0.717, 1.165) is 0 Å². The Bertz CT molecular complexity index is 321. The first-order valence-electron chi connectivity index (χ1n) is 4.96. The van der Waals surface area contributed by atoms with E-state index in [0.29, 0.717) is 5.92 Å². The van der Waals surface area contributed by atoms with E-state index in [9.17, 15) is 0 Å². The Kier molecular flexibility index (Phi) is 4.17. The van der Waals surface area contributed by atoms with Gasteiger partial charge in [0.25, 0.3) is 0 Å². The summed E-state index contributed by atoms with van der Waals surface area (Å²) in [6, 6.07) is 8.76. The number of benzene rings is 1. The topological polar surface area (TPSA) is 3.24 Å². The highest BCUT2D eigenvalue weighted by Crippen LogP contribution is 2.46. The highest BCUT2D eigenvalue weighted by Gasteiger charge is 2.20. The molecular weight excluding hydrogens is 242 g/mol. The predicted molar refractivity (Wildman–Crippen MR) is 76.0 cm³/mol. The number of rotatable bonds is 2. The van der Waals surface area contributed by atoms with Gasteiger partial charge in [-0.05, 0) is 21.5 Å². The van der Waals surface area contributed by atoms with Crippen molar-refractivity contribution in [1.29, 1.82) is 0 Å². The first kappa shape index (κ1) is 11.6. The number of nitrogens with zero attached hydrogens (tertiary/aromatic N) is 1. The van der Waals surface area contributed by atoms with E-state index in [-0.39, 0.29) is 0 Å². The predicted octanol–water partition coefficient (Wildman–Crippen LogP) is 3.88. The van der Waals surface area contributed by atoms with Gasteiger partial charge in [-0.25, -0.2) is 0 Å². The van der Waals surface area contributed by atoms with Crippen molar-refractivity contribution >= 4 is 37.1 Å². The van der Waals surface area contributed by atoms with Crippen LogP contribution in [0.1, 0.15) is 11.5 Å². The normalized spacial score (nSPS) is 17.7. The molecule has 0 N–H and O–H groups in total. The fraction of sp³-hybridized carbons (Fsp3) is 0.455. The van der Waals surface area contributed by atoms with E-state index < -0.39 is 0 Å². The molecule has 0 aliphatic carbocycles. The lowest BCUT2D eigenvalue weighted by Crippen LogP contribution is -2.15. The van der Waals surface area contributed by atoms with E-state index in [1.54, 1.807) is 0 Å². The minimum absolute atomic E-state index is 0.708. The lowest BCUT2D eigenvalue weighted by atomic mass is 10.0. The van der Waals surface area contributed by atoms with Gasteiger partial charge in [-0.3, -0.25) is 0 Å². The second kappa shape index (κ2) is 5.41. The third kappa shape index (κ3) is 2.80. The number of hydrogen-bond donors (Lipinski definition) is 0. The average molecular weight is 257 g/mol. The summed E-state index contributed by atoms with van der Waals surface area (Å²) >= 11 is 0. The standard InChI is InChI=1S/C11H15NS3/c1-12(2)11-6-4-3-5-10(11)9-7-13-15-14-8-9/h3-6,9H,7-8H2,1-2H3. The molecule has 0 aromatic heterocycles. The van der Waals surface area contributed by atoms with Crippen LogP contribution < -0.4 is 4.90 Å². The quantitative estimate of drug-likeness (QED) is 0.739. The van der Waals surface area contributed by atoms with Gasteiger partial charge in [0.2, 0.25) is 0 Å². The second-order valence-electron chi connectivity index (χ2n) is 3.79.